The van der Waals surface area contributed by atoms with Crippen molar-refractivity contribution in [2.24, 2.45) is 0 Å². The molecule has 0 radical (unpaired) electrons. The molecule has 3 N–H and O–H groups in total. The van der Waals surface area contributed by atoms with Crippen molar-refractivity contribution in [1.29, 1.82) is 0 Å². The highest BCUT2D eigenvalue weighted by molar-refractivity contribution is 5.98. The molecule has 10 heteroatoms. The van der Waals surface area contributed by atoms with E-state index in [0.29, 0.717) is 41.9 Å². The topological polar surface area (TPSA) is 114 Å². The van der Waals surface area contributed by atoms with Gasteiger partial charge in [0.15, 0.2) is 11.5 Å². The second-order valence-corrected chi connectivity index (χ2v) is 8.49. The molecule has 0 atom stereocenters. The summed E-state index contributed by atoms with van der Waals surface area (Å²) in [5.41, 5.74) is 1.98. The molecule has 0 fully saturated rings. The summed E-state index contributed by atoms with van der Waals surface area (Å²) in [5, 5.41) is 6.61. The molecule has 0 saturated carbocycles. The Balaban J connectivity index is 1.18. The van der Waals surface area contributed by atoms with E-state index >= 15 is 0 Å². The number of amides is 2. The minimum absolute atomic E-state index is 0.00445. The molecule has 2 aromatic carbocycles. The first kappa shape index (κ1) is 23.4. The molecule has 0 spiro atoms. The first-order chi connectivity index (χ1) is 17.4. The maximum Gasteiger partial charge on any atom is 0.256 e. The zero-order valence-electron chi connectivity index (χ0n) is 19.7. The summed E-state index contributed by atoms with van der Waals surface area (Å²) in [6.07, 6.45) is 3.92. The van der Waals surface area contributed by atoms with Crippen molar-refractivity contribution in [1.82, 2.24) is 20.2 Å². The molecule has 36 heavy (non-hydrogen) atoms. The normalized spacial score (nSPS) is 12.3. The van der Waals surface area contributed by atoms with Crippen LogP contribution in [0.3, 0.4) is 0 Å². The van der Waals surface area contributed by atoms with Crippen LogP contribution < -0.4 is 25.5 Å². The number of carbonyl (C=O) groups is 2. The molecule has 0 aliphatic carbocycles. The van der Waals surface area contributed by atoms with Gasteiger partial charge in [-0.05, 0) is 43.2 Å². The Bertz CT molecular complexity index is 1540. The average molecular weight is 493 g/mol. The molecular weight excluding hydrogens is 467 g/mol. The Kier molecular flexibility index (Phi) is 6.32. The predicted octanol–water partition coefficient (Wildman–Crippen LogP) is 2.85. The smallest absolute Gasteiger partial charge is 0.256 e. The van der Waals surface area contributed by atoms with E-state index in [0.717, 1.165) is 16.5 Å². The Labute approximate surface area is 205 Å². The molecule has 1 aliphatic rings. The fourth-order valence-electron chi connectivity index (χ4n) is 4.37. The Hall–Kier alpha value is -4.34. The molecular formula is C26H25FN4O5. The third-order valence-corrected chi connectivity index (χ3v) is 6.24. The van der Waals surface area contributed by atoms with Crippen LogP contribution in [0.5, 0.6) is 11.5 Å². The minimum atomic E-state index is -0.546. The molecule has 0 bridgehead atoms. The third kappa shape index (κ3) is 4.49. The number of aromatic amines is 1. The van der Waals surface area contributed by atoms with Gasteiger partial charge in [0.2, 0.25) is 18.1 Å². The molecule has 9 nitrogen and oxygen atoms in total. The number of H-pyrrole nitrogens is 1. The van der Waals surface area contributed by atoms with Crippen LogP contribution in [0.1, 0.15) is 29.3 Å². The molecule has 4 aromatic rings. The van der Waals surface area contributed by atoms with Crippen molar-refractivity contribution in [2.45, 2.75) is 26.3 Å². The minimum Gasteiger partial charge on any atom is -0.454 e. The Morgan fingerprint density at radius 2 is 1.89 bits per heavy atom. The van der Waals surface area contributed by atoms with Gasteiger partial charge in [-0.15, -0.1) is 0 Å². The largest absolute Gasteiger partial charge is 0.454 e. The summed E-state index contributed by atoms with van der Waals surface area (Å²) < 4.78 is 26.1. The van der Waals surface area contributed by atoms with Crippen LogP contribution >= 0.6 is 0 Å². The lowest BCUT2D eigenvalue weighted by atomic mass is 10.1. The fourth-order valence-corrected chi connectivity index (χ4v) is 4.37. The second kappa shape index (κ2) is 9.73. The van der Waals surface area contributed by atoms with Crippen molar-refractivity contribution in [3.63, 3.8) is 0 Å². The first-order valence-corrected chi connectivity index (χ1v) is 11.7. The van der Waals surface area contributed by atoms with Gasteiger partial charge in [0.25, 0.3) is 5.91 Å². The van der Waals surface area contributed by atoms with Crippen LogP contribution in [-0.4, -0.2) is 41.2 Å². The van der Waals surface area contributed by atoms with Gasteiger partial charge < -0.3 is 29.7 Å². The number of benzene rings is 2. The summed E-state index contributed by atoms with van der Waals surface area (Å²) in [7, 11) is 0. The van der Waals surface area contributed by atoms with E-state index in [-0.39, 0.29) is 37.0 Å². The van der Waals surface area contributed by atoms with Gasteiger partial charge in [-0.1, -0.05) is 0 Å². The van der Waals surface area contributed by atoms with Crippen molar-refractivity contribution >= 4 is 33.6 Å². The van der Waals surface area contributed by atoms with Crippen molar-refractivity contribution in [3.05, 3.63) is 69.9 Å². The van der Waals surface area contributed by atoms with Gasteiger partial charge in [0.1, 0.15) is 11.4 Å². The average Bonchev–Trinajstić information content (AvgIpc) is 3.49. The quantitative estimate of drug-likeness (QED) is 0.350. The third-order valence-electron chi connectivity index (χ3n) is 6.24. The van der Waals surface area contributed by atoms with Crippen molar-refractivity contribution in [3.8, 4) is 11.5 Å². The number of nitrogens with zero attached hydrogens (tertiary/aromatic N) is 1. The highest BCUT2D eigenvalue weighted by Gasteiger charge is 2.20. The lowest BCUT2D eigenvalue weighted by Crippen LogP contribution is -2.34. The number of aromatic nitrogens is 2. The van der Waals surface area contributed by atoms with E-state index in [1.807, 2.05) is 6.92 Å². The fraction of sp³-hybridized carbons (Fsp3) is 0.269. The first-order valence-electron chi connectivity index (χ1n) is 11.7. The zero-order chi connectivity index (χ0) is 25.2. The van der Waals surface area contributed by atoms with Crippen LogP contribution in [0.25, 0.3) is 21.8 Å². The molecule has 2 aromatic heterocycles. The lowest BCUT2D eigenvalue weighted by Gasteiger charge is -2.12. The molecule has 3 heterocycles. The van der Waals surface area contributed by atoms with Gasteiger partial charge in [0, 0.05) is 55.4 Å². The van der Waals surface area contributed by atoms with Crippen LogP contribution in [-0.2, 0) is 17.8 Å². The number of pyridine rings is 1. The number of carbonyl (C=O) groups excluding carboxylic acids is 2. The number of hydrogen-bond donors (Lipinski definition) is 3. The van der Waals surface area contributed by atoms with Crippen molar-refractivity contribution in [2.75, 3.05) is 19.9 Å². The van der Waals surface area contributed by atoms with E-state index in [1.165, 1.54) is 18.3 Å². The summed E-state index contributed by atoms with van der Waals surface area (Å²) in [6.45, 7) is 2.99. The van der Waals surface area contributed by atoms with Gasteiger partial charge in [0.05, 0.1) is 10.9 Å². The lowest BCUT2D eigenvalue weighted by molar-refractivity contribution is -0.120. The number of fused-ring (bicyclic) bond motifs is 3. The summed E-state index contributed by atoms with van der Waals surface area (Å²) in [5.74, 6) is -0.0705. The highest BCUT2D eigenvalue weighted by atomic mass is 19.1. The van der Waals surface area contributed by atoms with Crippen LogP contribution in [0.15, 0.2) is 47.5 Å². The monoisotopic (exact) mass is 492 g/mol. The number of ether oxygens (including phenoxy) is 2. The zero-order valence-corrected chi connectivity index (χ0v) is 19.7. The number of aryl methyl sites for hydroxylation is 1. The van der Waals surface area contributed by atoms with E-state index in [9.17, 15) is 18.8 Å². The second-order valence-electron chi connectivity index (χ2n) is 8.49. The van der Waals surface area contributed by atoms with E-state index in [2.05, 4.69) is 15.6 Å². The number of hydrogen-bond acceptors (Lipinski definition) is 5. The summed E-state index contributed by atoms with van der Waals surface area (Å²) in [4.78, 5) is 41.1. The number of rotatable bonds is 8. The van der Waals surface area contributed by atoms with Crippen molar-refractivity contribution < 1.29 is 23.5 Å². The van der Waals surface area contributed by atoms with E-state index in [4.69, 9.17) is 9.47 Å². The Morgan fingerprint density at radius 1 is 1.08 bits per heavy atom. The number of halogens is 1. The van der Waals surface area contributed by atoms with Gasteiger partial charge in [-0.25, -0.2) is 4.39 Å². The predicted molar refractivity (Wildman–Crippen MR) is 132 cm³/mol. The molecule has 2 amide bonds. The van der Waals surface area contributed by atoms with Crippen LogP contribution in [0.2, 0.25) is 0 Å². The summed E-state index contributed by atoms with van der Waals surface area (Å²) in [6, 6.07) is 7.87. The molecule has 186 valence electrons. The van der Waals surface area contributed by atoms with E-state index in [1.54, 1.807) is 29.0 Å². The van der Waals surface area contributed by atoms with Crippen LogP contribution in [0.4, 0.5) is 4.39 Å². The van der Waals surface area contributed by atoms with Gasteiger partial charge in [-0.3, -0.25) is 14.4 Å². The van der Waals surface area contributed by atoms with Gasteiger partial charge in [-0.2, -0.15) is 0 Å². The number of nitrogens with one attached hydrogen (secondary N) is 3. The standard InChI is InChI=1S/C26H25FN4O5/c1-2-31-13-19(25(33)18-10-22-23(11-21(18)31)36-14-35-22)26(34)29-8-6-24(32)28-7-5-15-12-30-20-4-3-16(27)9-17(15)20/h3-4,9-13,30H,2,5-8,14H2,1H3,(H,28,32)(H,29,34). The molecule has 0 saturated heterocycles. The molecule has 5 rings (SSSR count). The maximum absolute atomic E-state index is 13.5. The van der Waals surface area contributed by atoms with E-state index < -0.39 is 11.3 Å². The SMILES string of the molecule is CCn1cc(C(=O)NCCC(=O)NCCc2c[nH]c3ccc(F)cc23)c(=O)c2cc3c(cc21)OCO3. The van der Waals surface area contributed by atoms with Crippen LogP contribution in [0, 0.1) is 5.82 Å². The van der Waals surface area contributed by atoms with Gasteiger partial charge >= 0.3 is 0 Å². The Morgan fingerprint density at radius 3 is 2.69 bits per heavy atom. The molecule has 0 unspecified atom stereocenters. The maximum atomic E-state index is 13.5. The highest BCUT2D eigenvalue weighted by Crippen LogP contribution is 2.35. The summed E-state index contributed by atoms with van der Waals surface area (Å²) >= 11 is 0. The molecule has 1 aliphatic heterocycles.